The van der Waals surface area contributed by atoms with E-state index in [0.717, 1.165) is 0 Å². The summed E-state index contributed by atoms with van der Waals surface area (Å²) in [6, 6.07) is 19.3. The highest BCUT2D eigenvalue weighted by molar-refractivity contribution is 8.06. The van der Waals surface area contributed by atoms with Gasteiger partial charge in [0, 0.05) is 11.1 Å². The highest BCUT2D eigenvalue weighted by Gasteiger charge is 2.25. The predicted octanol–water partition coefficient (Wildman–Crippen LogP) is 5.40. The summed E-state index contributed by atoms with van der Waals surface area (Å²) in [4.78, 5) is 3.62. The molecule has 0 aliphatic carbocycles. The summed E-state index contributed by atoms with van der Waals surface area (Å²) >= 11 is 3.72. The van der Waals surface area contributed by atoms with Crippen molar-refractivity contribution in [2.75, 3.05) is 4.90 Å². The van der Waals surface area contributed by atoms with Crippen molar-refractivity contribution in [3.8, 4) is 0 Å². The Morgan fingerprint density at radius 1 is 0.900 bits per heavy atom. The van der Waals surface area contributed by atoms with E-state index < -0.39 is 0 Å². The number of nitrogens with zero attached hydrogens (tertiary/aromatic N) is 1. The van der Waals surface area contributed by atoms with Crippen LogP contribution in [0.15, 0.2) is 82.2 Å². The molecule has 1 unspecified atom stereocenters. The first-order chi connectivity index (χ1) is 9.92. The van der Waals surface area contributed by atoms with E-state index in [1.807, 2.05) is 11.8 Å². The summed E-state index contributed by atoms with van der Waals surface area (Å²) < 4.78 is 0. The molecule has 0 aromatic heterocycles. The van der Waals surface area contributed by atoms with Crippen molar-refractivity contribution < 1.29 is 0 Å². The maximum absolute atomic E-state index is 2.37. The number of hydrogen-bond donors (Lipinski definition) is 0. The van der Waals surface area contributed by atoms with E-state index in [2.05, 4.69) is 77.2 Å². The molecule has 0 spiro atoms. The predicted molar refractivity (Wildman–Crippen MR) is 88.8 cm³/mol. The fourth-order valence-electron chi connectivity index (χ4n) is 2.47. The highest BCUT2D eigenvalue weighted by atomic mass is 32.2. The number of anilines is 1. The second kappa shape index (κ2) is 5.08. The van der Waals surface area contributed by atoms with Crippen LogP contribution in [-0.2, 0) is 0 Å². The van der Waals surface area contributed by atoms with Crippen LogP contribution in [-0.4, -0.2) is 0 Å². The Bertz CT molecular complexity index is 691. The minimum Gasteiger partial charge on any atom is -0.310 e. The molecule has 2 aromatic carbocycles. The van der Waals surface area contributed by atoms with Crippen LogP contribution in [0, 0.1) is 0 Å². The zero-order valence-electron chi connectivity index (χ0n) is 10.8. The fourth-order valence-corrected chi connectivity index (χ4v) is 4.58. The highest BCUT2D eigenvalue weighted by Crippen LogP contribution is 2.49. The lowest BCUT2D eigenvalue weighted by atomic mass is 10.1. The van der Waals surface area contributed by atoms with Crippen molar-refractivity contribution in [1.82, 2.24) is 0 Å². The number of fused-ring (bicyclic) bond motifs is 3. The second-order valence-corrected chi connectivity index (χ2v) is 6.80. The van der Waals surface area contributed by atoms with Gasteiger partial charge in [0.1, 0.15) is 0 Å². The molecule has 0 bridgehead atoms. The van der Waals surface area contributed by atoms with Gasteiger partial charge in [0.2, 0.25) is 0 Å². The number of rotatable bonds is 1. The van der Waals surface area contributed by atoms with Crippen LogP contribution < -0.4 is 4.90 Å². The minimum atomic E-state index is 0.366. The first kappa shape index (κ1) is 12.2. The fraction of sp³-hybridized carbons (Fsp3) is 0.0588. The van der Waals surface area contributed by atoms with Gasteiger partial charge in [-0.15, -0.1) is 11.8 Å². The van der Waals surface area contributed by atoms with Gasteiger partial charge in [0.15, 0.2) is 0 Å². The summed E-state index contributed by atoms with van der Waals surface area (Å²) in [5.41, 5.74) is 2.64. The van der Waals surface area contributed by atoms with Crippen molar-refractivity contribution in [2.24, 2.45) is 0 Å². The molecular formula is C17H13NS2. The van der Waals surface area contributed by atoms with Crippen LogP contribution in [0.2, 0.25) is 0 Å². The van der Waals surface area contributed by atoms with Crippen LogP contribution >= 0.6 is 23.5 Å². The summed E-state index contributed by atoms with van der Waals surface area (Å²) in [6.07, 6.45) is 4.52. The Morgan fingerprint density at radius 3 is 2.60 bits per heavy atom. The van der Waals surface area contributed by atoms with Gasteiger partial charge in [-0.2, -0.15) is 0 Å². The number of hydrogen-bond acceptors (Lipinski definition) is 3. The van der Waals surface area contributed by atoms with Crippen LogP contribution in [0.4, 0.5) is 5.69 Å². The van der Waals surface area contributed by atoms with Crippen LogP contribution in [0.3, 0.4) is 0 Å². The molecule has 0 radical (unpaired) electrons. The Kier molecular flexibility index (Phi) is 3.09. The summed E-state index contributed by atoms with van der Waals surface area (Å²) in [5.74, 6) is 0. The zero-order chi connectivity index (χ0) is 13.4. The molecule has 2 aliphatic heterocycles. The van der Waals surface area contributed by atoms with Gasteiger partial charge in [0.25, 0.3) is 0 Å². The van der Waals surface area contributed by atoms with Crippen molar-refractivity contribution in [3.05, 3.63) is 82.9 Å². The van der Waals surface area contributed by atoms with E-state index in [0.29, 0.717) is 5.25 Å². The molecule has 0 saturated carbocycles. The number of para-hydroxylation sites is 1. The SMILES string of the molecule is C1=CN2C(=CC(c3ccccc3)Sc3ccccc32)S1. The summed E-state index contributed by atoms with van der Waals surface area (Å²) in [7, 11) is 0. The smallest absolute Gasteiger partial charge is 0.0811 e. The van der Waals surface area contributed by atoms with E-state index in [1.54, 1.807) is 11.8 Å². The quantitative estimate of drug-likeness (QED) is 0.693. The topological polar surface area (TPSA) is 3.24 Å². The first-order valence-corrected chi connectivity index (χ1v) is 8.33. The summed E-state index contributed by atoms with van der Waals surface area (Å²) in [6.45, 7) is 0. The molecule has 2 heterocycles. The van der Waals surface area contributed by atoms with E-state index in [1.165, 1.54) is 21.2 Å². The largest absolute Gasteiger partial charge is 0.310 e. The van der Waals surface area contributed by atoms with Crippen LogP contribution in [0.25, 0.3) is 0 Å². The maximum Gasteiger partial charge on any atom is 0.0811 e. The average Bonchev–Trinajstić information content (AvgIpc) is 2.90. The van der Waals surface area contributed by atoms with Crippen LogP contribution in [0.1, 0.15) is 10.8 Å². The first-order valence-electron chi connectivity index (χ1n) is 6.57. The van der Waals surface area contributed by atoms with E-state index in [-0.39, 0.29) is 0 Å². The molecular weight excluding hydrogens is 282 g/mol. The number of benzene rings is 2. The van der Waals surface area contributed by atoms with Crippen molar-refractivity contribution in [2.45, 2.75) is 10.1 Å². The Labute approximate surface area is 127 Å². The second-order valence-electron chi connectivity index (χ2n) is 4.69. The molecule has 0 fully saturated rings. The third-order valence-electron chi connectivity index (χ3n) is 3.44. The minimum absolute atomic E-state index is 0.366. The molecule has 98 valence electrons. The van der Waals surface area contributed by atoms with E-state index >= 15 is 0 Å². The average molecular weight is 295 g/mol. The molecule has 2 aliphatic rings. The third kappa shape index (κ3) is 2.07. The lowest BCUT2D eigenvalue weighted by Crippen LogP contribution is -2.09. The lowest BCUT2D eigenvalue weighted by molar-refractivity contribution is 1.19. The van der Waals surface area contributed by atoms with Gasteiger partial charge in [-0.3, -0.25) is 0 Å². The van der Waals surface area contributed by atoms with Gasteiger partial charge in [-0.05, 0) is 29.2 Å². The Balaban J connectivity index is 1.83. The zero-order valence-corrected chi connectivity index (χ0v) is 12.4. The van der Waals surface area contributed by atoms with Gasteiger partial charge >= 0.3 is 0 Å². The van der Waals surface area contributed by atoms with E-state index in [9.17, 15) is 0 Å². The van der Waals surface area contributed by atoms with Crippen molar-refractivity contribution in [1.29, 1.82) is 0 Å². The molecule has 20 heavy (non-hydrogen) atoms. The van der Waals surface area contributed by atoms with Gasteiger partial charge in [0.05, 0.1) is 16.0 Å². The summed E-state index contributed by atoms with van der Waals surface area (Å²) in [5, 5.41) is 3.82. The van der Waals surface area contributed by atoms with Gasteiger partial charge < -0.3 is 4.90 Å². The molecule has 3 heteroatoms. The molecule has 1 nitrogen and oxygen atoms in total. The maximum atomic E-state index is 2.37. The lowest BCUT2D eigenvalue weighted by Gasteiger charge is -2.17. The molecule has 0 N–H and O–H groups in total. The molecule has 0 saturated heterocycles. The Hall–Kier alpha value is -1.58. The van der Waals surface area contributed by atoms with E-state index in [4.69, 9.17) is 0 Å². The van der Waals surface area contributed by atoms with Crippen LogP contribution in [0.5, 0.6) is 0 Å². The monoisotopic (exact) mass is 295 g/mol. The van der Waals surface area contributed by atoms with Gasteiger partial charge in [-0.25, -0.2) is 0 Å². The third-order valence-corrected chi connectivity index (χ3v) is 5.53. The Morgan fingerprint density at radius 2 is 1.70 bits per heavy atom. The van der Waals surface area contributed by atoms with Crippen molar-refractivity contribution >= 4 is 29.2 Å². The molecule has 1 atom stereocenters. The normalized spacial score (nSPS) is 20.1. The van der Waals surface area contributed by atoms with Gasteiger partial charge in [-0.1, -0.05) is 54.2 Å². The molecule has 0 amide bonds. The molecule has 2 aromatic rings. The standard InChI is InChI=1S/C17H13NS2/c1-2-6-13(7-3-1)16-12-17-18(10-11-19-17)14-8-4-5-9-15(14)20-16/h1-12,16H. The van der Waals surface area contributed by atoms with Crippen molar-refractivity contribution in [3.63, 3.8) is 0 Å². The number of thioether (sulfide) groups is 2. The molecule has 4 rings (SSSR count).